The molecule has 0 fully saturated rings. The Kier molecular flexibility index (Phi) is 13.5. The first-order valence-corrected chi connectivity index (χ1v) is 11.3. The molecule has 0 aromatic heterocycles. The Balaban J connectivity index is 4.21. The van der Waals surface area contributed by atoms with Crippen LogP contribution < -0.4 is 0 Å². The summed E-state index contributed by atoms with van der Waals surface area (Å²) in [4.78, 5) is 22.8. The Morgan fingerprint density at radius 1 is 0.750 bits per heavy atom. The first-order chi connectivity index (χ1) is 13.0. The number of rotatable bonds is 15. The summed E-state index contributed by atoms with van der Waals surface area (Å²) >= 11 is 0. The third kappa shape index (κ3) is 13.2. The zero-order valence-electron chi connectivity index (χ0n) is 19.8. The number of esters is 2. The van der Waals surface area contributed by atoms with Crippen LogP contribution in [0.15, 0.2) is 0 Å². The third-order valence-corrected chi connectivity index (χ3v) is 5.82. The molecule has 0 aliphatic heterocycles. The van der Waals surface area contributed by atoms with Crippen molar-refractivity contribution in [3.63, 3.8) is 0 Å². The topological polar surface area (TPSA) is 52.6 Å². The molecule has 0 spiro atoms. The van der Waals surface area contributed by atoms with Crippen LogP contribution in [0.5, 0.6) is 0 Å². The van der Waals surface area contributed by atoms with Crippen LogP contribution in [0, 0.1) is 17.8 Å². The van der Waals surface area contributed by atoms with E-state index in [0.29, 0.717) is 12.3 Å². The summed E-state index contributed by atoms with van der Waals surface area (Å²) in [7, 11) is 0. The molecule has 166 valence electrons. The maximum atomic E-state index is 11.5. The molecular weight excluding hydrogens is 352 g/mol. The third-order valence-electron chi connectivity index (χ3n) is 5.82. The maximum Gasteiger partial charge on any atom is 0.303 e. The van der Waals surface area contributed by atoms with Crippen molar-refractivity contribution in [3.8, 4) is 0 Å². The van der Waals surface area contributed by atoms with Crippen molar-refractivity contribution in [2.75, 3.05) is 0 Å². The number of hydrogen-bond donors (Lipinski definition) is 0. The molecule has 0 heterocycles. The van der Waals surface area contributed by atoms with E-state index in [4.69, 9.17) is 9.47 Å². The van der Waals surface area contributed by atoms with E-state index >= 15 is 0 Å². The molecule has 0 radical (unpaired) electrons. The van der Waals surface area contributed by atoms with Gasteiger partial charge in [-0.1, -0.05) is 72.6 Å². The predicted molar refractivity (Wildman–Crippen MR) is 116 cm³/mol. The smallest absolute Gasteiger partial charge is 0.303 e. The molecule has 0 amide bonds. The van der Waals surface area contributed by atoms with Gasteiger partial charge in [0.2, 0.25) is 0 Å². The standard InChI is InChI=1S/C24H46O4/c1-18(2)12-9-13-19(3)14-10-15-20(4)16-11-17-24(8,28-23(7)26)21(5)27-22(6)25/h18-21H,9-17H2,1-8H3. The second-order valence-electron chi connectivity index (χ2n) is 9.52. The molecule has 0 rings (SSSR count). The molecule has 4 unspecified atom stereocenters. The van der Waals surface area contributed by atoms with Gasteiger partial charge in [0.05, 0.1) is 0 Å². The zero-order valence-corrected chi connectivity index (χ0v) is 19.8. The van der Waals surface area contributed by atoms with E-state index in [2.05, 4.69) is 27.7 Å². The fourth-order valence-electron chi connectivity index (χ4n) is 3.82. The van der Waals surface area contributed by atoms with E-state index in [-0.39, 0.29) is 11.9 Å². The molecule has 4 heteroatoms. The van der Waals surface area contributed by atoms with Crippen molar-refractivity contribution >= 4 is 11.9 Å². The Hall–Kier alpha value is -1.06. The van der Waals surface area contributed by atoms with Gasteiger partial charge in [-0.25, -0.2) is 0 Å². The summed E-state index contributed by atoms with van der Waals surface area (Å²) < 4.78 is 10.8. The van der Waals surface area contributed by atoms with E-state index in [0.717, 1.165) is 24.7 Å². The van der Waals surface area contributed by atoms with E-state index in [1.807, 2.05) is 6.92 Å². The van der Waals surface area contributed by atoms with Crippen LogP contribution in [0.3, 0.4) is 0 Å². The van der Waals surface area contributed by atoms with Gasteiger partial charge in [0.1, 0.15) is 11.7 Å². The average Bonchev–Trinajstić information content (AvgIpc) is 2.53. The highest BCUT2D eigenvalue weighted by Gasteiger charge is 2.36. The lowest BCUT2D eigenvalue weighted by Crippen LogP contribution is -2.44. The van der Waals surface area contributed by atoms with Gasteiger partial charge < -0.3 is 9.47 Å². The molecule has 0 saturated carbocycles. The zero-order chi connectivity index (χ0) is 21.7. The second kappa shape index (κ2) is 14.0. The van der Waals surface area contributed by atoms with Crippen molar-refractivity contribution in [1.29, 1.82) is 0 Å². The summed E-state index contributed by atoms with van der Waals surface area (Å²) in [5, 5.41) is 0. The average molecular weight is 399 g/mol. The van der Waals surface area contributed by atoms with Crippen molar-refractivity contribution < 1.29 is 19.1 Å². The van der Waals surface area contributed by atoms with Crippen LogP contribution in [0.2, 0.25) is 0 Å². The van der Waals surface area contributed by atoms with Crippen molar-refractivity contribution in [3.05, 3.63) is 0 Å². The van der Waals surface area contributed by atoms with Crippen LogP contribution in [-0.4, -0.2) is 23.6 Å². The summed E-state index contributed by atoms with van der Waals surface area (Å²) in [5.41, 5.74) is -0.762. The van der Waals surface area contributed by atoms with Gasteiger partial charge in [-0.05, 0) is 44.4 Å². The fourth-order valence-corrected chi connectivity index (χ4v) is 3.82. The van der Waals surface area contributed by atoms with Crippen LogP contribution in [-0.2, 0) is 19.1 Å². The van der Waals surface area contributed by atoms with Crippen molar-refractivity contribution in [2.45, 2.75) is 125 Å². The first kappa shape index (κ1) is 26.9. The lowest BCUT2D eigenvalue weighted by molar-refractivity contribution is -0.180. The molecule has 28 heavy (non-hydrogen) atoms. The quantitative estimate of drug-likeness (QED) is 0.288. The normalized spacial score (nSPS) is 16.9. The highest BCUT2D eigenvalue weighted by Crippen LogP contribution is 2.28. The molecule has 0 aliphatic carbocycles. The lowest BCUT2D eigenvalue weighted by atomic mass is 9.88. The van der Waals surface area contributed by atoms with Gasteiger partial charge >= 0.3 is 11.9 Å². The Morgan fingerprint density at radius 2 is 1.21 bits per heavy atom. The summed E-state index contributed by atoms with van der Waals surface area (Å²) in [6.07, 6.45) is 10.2. The van der Waals surface area contributed by atoms with E-state index < -0.39 is 11.7 Å². The predicted octanol–water partition coefficient (Wildman–Crippen LogP) is 6.70. The van der Waals surface area contributed by atoms with Gasteiger partial charge in [-0.15, -0.1) is 0 Å². The van der Waals surface area contributed by atoms with Crippen LogP contribution in [0.25, 0.3) is 0 Å². The molecule has 0 N–H and O–H groups in total. The SMILES string of the molecule is CC(=O)OC(C)C(C)(CCCC(C)CCCC(C)CCCC(C)C)OC(C)=O. The lowest BCUT2D eigenvalue weighted by Gasteiger charge is -2.34. The molecule has 0 aromatic rings. The minimum atomic E-state index is -0.762. The number of hydrogen-bond acceptors (Lipinski definition) is 4. The first-order valence-electron chi connectivity index (χ1n) is 11.3. The molecule has 0 aliphatic rings. The Morgan fingerprint density at radius 3 is 1.64 bits per heavy atom. The van der Waals surface area contributed by atoms with Crippen LogP contribution in [0.1, 0.15) is 113 Å². The molecule has 4 nitrogen and oxygen atoms in total. The summed E-state index contributed by atoms with van der Waals surface area (Å²) in [6, 6.07) is 0. The monoisotopic (exact) mass is 398 g/mol. The number of carbonyl (C=O) groups excluding carboxylic acids is 2. The molecule has 0 bridgehead atoms. The molecule has 0 saturated heterocycles. The van der Waals surface area contributed by atoms with E-state index in [1.165, 1.54) is 52.4 Å². The van der Waals surface area contributed by atoms with Gasteiger partial charge in [-0.3, -0.25) is 9.59 Å². The molecular formula is C24H46O4. The minimum absolute atomic E-state index is 0.332. The minimum Gasteiger partial charge on any atom is -0.459 e. The summed E-state index contributed by atoms with van der Waals surface area (Å²) in [6.45, 7) is 15.7. The Bertz CT molecular complexity index is 446. The largest absolute Gasteiger partial charge is 0.459 e. The van der Waals surface area contributed by atoms with Crippen LogP contribution in [0.4, 0.5) is 0 Å². The van der Waals surface area contributed by atoms with Gasteiger partial charge in [0, 0.05) is 13.8 Å². The number of ether oxygens (including phenoxy) is 2. The van der Waals surface area contributed by atoms with Crippen molar-refractivity contribution in [1.82, 2.24) is 0 Å². The Labute approximate surface area is 174 Å². The van der Waals surface area contributed by atoms with Gasteiger partial charge in [-0.2, -0.15) is 0 Å². The van der Waals surface area contributed by atoms with Crippen molar-refractivity contribution in [2.24, 2.45) is 17.8 Å². The maximum absolute atomic E-state index is 11.5. The highest BCUT2D eigenvalue weighted by molar-refractivity contribution is 5.67. The van der Waals surface area contributed by atoms with Gasteiger partial charge in [0.25, 0.3) is 0 Å². The second-order valence-corrected chi connectivity index (χ2v) is 9.52. The summed E-state index contributed by atoms with van der Waals surface area (Å²) in [5.74, 6) is 1.62. The van der Waals surface area contributed by atoms with Gasteiger partial charge in [0.15, 0.2) is 0 Å². The molecule has 4 atom stereocenters. The highest BCUT2D eigenvalue weighted by atomic mass is 16.6. The molecule has 0 aromatic carbocycles. The van der Waals surface area contributed by atoms with E-state index in [9.17, 15) is 9.59 Å². The number of carbonyl (C=O) groups is 2. The van der Waals surface area contributed by atoms with Crippen LogP contribution >= 0.6 is 0 Å². The fraction of sp³-hybridized carbons (Fsp3) is 0.917. The van der Waals surface area contributed by atoms with E-state index in [1.54, 1.807) is 6.92 Å².